The smallest absolute Gasteiger partial charge is 0.338 e. The van der Waals surface area contributed by atoms with Crippen LogP contribution in [-0.4, -0.2) is 36.0 Å². The van der Waals surface area contributed by atoms with Crippen molar-refractivity contribution in [1.82, 2.24) is 4.90 Å². The predicted molar refractivity (Wildman–Crippen MR) is 115 cm³/mol. The standard InChI is InChI=1S/C24H23FN2O3/c1-15-5-4-6-17(13-15)21-18(14-27(2)3)9-12-20(22(21)24(29)30)26-23(28)16-7-10-19(25)11-8-16/h4-13H,14H2,1-3H3,(H,26,28)(H,29,30). The monoisotopic (exact) mass is 406 g/mol. The van der Waals surface area contributed by atoms with E-state index in [1.165, 1.54) is 24.3 Å². The van der Waals surface area contributed by atoms with Crippen LogP contribution in [-0.2, 0) is 6.54 Å². The number of benzene rings is 3. The van der Waals surface area contributed by atoms with Crippen molar-refractivity contribution in [3.8, 4) is 11.1 Å². The SMILES string of the molecule is Cc1cccc(-c2c(CN(C)C)ccc(NC(=O)c3ccc(F)cc3)c2C(=O)O)c1. The summed E-state index contributed by atoms with van der Waals surface area (Å²) in [5.41, 5.74) is 3.62. The summed E-state index contributed by atoms with van der Waals surface area (Å²) in [6.45, 7) is 2.48. The summed E-state index contributed by atoms with van der Waals surface area (Å²) in [5.74, 6) is -2.10. The number of hydrogen-bond acceptors (Lipinski definition) is 3. The molecule has 30 heavy (non-hydrogen) atoms. The largest absolute Gasteiger partial charge is 0.478 e. The van der Waals surface area contributed by atoms with Gasteiger partial charge in [0.25, 0.3) is 5.91 Å². The summed E-state index contributed by atoms with van der Waals surface area (Å²) in [4.78, 5) is 26.9. The first-order valence-electron chi connectivity index (χ1n) is 9.44. The number of aryl methyl sites for hydroxylation is 1. The van der Waals surface area contributed by atoms with Crippen molar-refractivity contribution in [1.29, 1.82) is 0 Å². The van der Waals surface area contributed by atoms with Gasteiger partial charge < -0.3 is 15.3 Å². The molecule has 0 aromatic heterocycles. The second-order valence-electron chi connectivity index (χ2n) is 7.40. The van der Waals surface area contributed by atoms with Crippen LogP contribution in [0.3, 0.4) is 0 Å². The molecule has 6 heteroatoms. The second-order valence-corrected chi connectivity index (χ2v) is 7.40. The third-order valence-electron chi connectivity index (χ3n) is 4.65. The normalized spacial score (nSPS) is 10.8. The second kappa shape index (κ2) is 8.88. The Kier molecular flexibility index (Phi) is 6.28. The fourth-order valence-electron chi connectivity index (χ4n) is 3.37. The number of aromatic carboxylic acids is 1. The fourth-order valence-corrected chi connectivity index (χ4v) is 3.37. The number of carboxylic acid groups (broad SMARTS) is 1. The maximum atomic E-state index is 13.2. The Morgan fingerprint density at radius 2 is 1.73 bits per heavy atom. The highest BCUT2D eigenvalue weighted by molar-refractivity contribution is 6.10. The van der Waals surface area contributed by atoms with Crippen LogP contribution >= 0.6 is 0 Å². The van der Waals surface area contributed by atoms with Crippen LogP contribution in [0.1, 0.15) is 31.8 Å². The lowest BCUT2D eigenvalue weighted by molar-refractivity contribution is 0.0698. The minimum Gasteiger partial charge on any atom is -0.478 e. The molecule has 0 atom stereocenters. The van der Waals surface area contributed by atoms with Crippen molar-refractivity contribution in [2.45, 2.75) is 13.5 Å². The van der Waals surface area contributed by atoms with Crippen LogP contribution < -0.4 is 5.32 Å². The number of hydrogen-bond donors (Lipinski definition) is 2. The van der Waals surface area contributed by atoms with Crippen molar-refractivity contribution in [2.75, 3.05) is 19.4 Å². The van der Waals surface area contributed by atoms with E-state index in [9.17, 15) is 19.1 Å². The minimum absolute atomic E-state index is 0.0235. The quantitative estimate of drug-likeness (QED) is 0.616. The van der Waals surface area contributed by atoms with Crippen LogP contribution in [0.15, 0.2) is 60.7 Å². The van der Waals surface area contributed by atoms with Gasteiger partial charge in [-0.3, -0.25) is 4.79 Å². The molecule has 0 saturated carbocycles. The summed E-state index contributed by atoms with van der Waals surface area (Å²) < 4.78 is 13.2. The minimum atomic E-state index is -1.14. The molecule has 0 saturated heterocycles. The predicted octanol–water partition coefficient (Wildman–Crippen LogP) is 4.81. The van der Waals surface area contributed by atoms with Gasteiger partial charge >= 0.3 is 5.97 Å². The van der Waals surface area contributed by atoms with Gasteiger partial charge in [0.1, 0.15) is 5.82 Å². The maximum absolute atomic E-state index is 13.2. The Labute approximate surface area is 174 Å². The van der Waals surface area contributed by atoms with Gasteiger partial charge in [-0.25, -0.2) is 9.18 Å². The van der Waals surface area contributed by atoms with Crippen molar-refractivity contribution in [3.05, 3.63) is 88.7 Å². The van der Waals surface area contributed by atoms with Gasteiger partial charge in [-0.1, -0.05) is 35.9 Å². The van der Waals surface area contributed by atoms with E-state index in [2.05, 4.69) is 5.32 Å². The zero-order valence-electron chi connectivity index (χ0n) is 17.1. The van der Waals surface area contributed by atoms with E-state index in [1.807, 2.05) is 56.3 Å². The molecule has 0 bridgehead atoms. The van der Waals surface area contributed by atoms with Crippen LogP contribution in [0.4, 0.5) is 10.1 Å². The topological polar surface area (TPSA) is 69.6 Å². The summed E-state index contributed by atoms with van der Waals surface area (Å²) >= 11 is 0. The Bertz CT molecular complexity index is 1090. The molecule has 0 unspecified atom stereocenters. The third kappa shape index (κ3) is 4.72. The Balaban J connectivity index is 2.14. The molecule has 0 aliphatic heterocycles. The molecule has 3 aromatic rings. The van der Waals surface area contributed by atoms with E-state index >= 15 is 0 Å². The summed E-state index contributed by atoms with van der Waals surface area (Å²) in [7, 11) is 3.81. The first kappa shape index (κ1) is 21.2. The number of halogens is 1. The van der Waals surface area contributed by atoms with Gasteiger partial charge in [-0.15, -0.1) is 0 Å². The van der Waals surface area contributed by atoms with Crippen molar-refractivity contribution in [2.24, 2.45) is 0 Å². The molecule has 0 aliphatic carbocycles. The molecule has 0 heterocycles. The van der Waals surface area contributed by atoms with Gasteiger partial charge in [-0.2, -0.15) is 0 Å². The lowest BCUT2D eigenvalue weighted by Gasteiger charge is -2.20. The van der Waals surface area contributed by atoms with Crippen LogP contribution in [0.5, 0.6) is 0 Å². The van der Waals surface area contributed by atoms with Crippen molar-refractivity contribution >= 4 is 17.6 Å². The maximum Gasteiger partial charge on any atom is 0.338 e. The van der Waals surface area contributed by atoms with E-state index in [0.717, 1.165) is 16.7 Å². The van der Waals surface area contributed by atoms with E-state index < -0.39 is 17.7 Å². The molecular formula is C24H23FN2O3. The average Bonchev–Trinajstić information content (AvgIpc) is 2.68. The molecule has 0 spiro atoms. The number of nitrogens with one attached hydrogen (secondary N) is 1. The first-order chi connectivity index (χ1) is 14.3. The van der Waals surface area contributed by atoms with Crippen LogP contribution in [0.2, 0.25) is 0 Å². The molecule has 0 aliphatic rings. The summed E-state index contributed by atoms with van der Waals surface area (Å²) in [6, 6.07) is 16.1. The molecule has 3 rings (SSSR count). The molecule has 1 amide bonds. The average molecular weight is 406 g/mol. The van der Waals surface area contributed by atoms with Crippen molar-refractivity contribution < 1.29 is 19.1 Å². The summed E-state index contributed by atoms with van der Waals surface area (Å²) in [6.07, 6.45) is 0. The highest BCUT2D eigenvalue weighted by Crippen LogP contribution is 2.34. The van der Waals surface area contributed by atoms with Crippen molar-refractivity contribution in [3.63, 3.8) is 0 Å². The number of carboxylic acids is 1. The zero-order valence-corrected chi connectivity index (χ0v) is 17.1. The van der Waals surface area contributed by atoms with Gasteiger partial charge in [-0.05, 0) is 62.5 Å². The Morgan fingerprint density at radius 3 is 2.33 bits per heavy atom. The van der Waals surface area contributed by atoms with E-state index in [-0.39, 0.29) is 16.8 Å². The molecule has 2 N–H and O–H groups in total. The van der Waals surface area contributed by atoms with E-state index in [4.69, 9.17) is 0 Å². The summed E-state index contributed by atoms with van der Waals surface area (Å²) in [5, 5.41) is 12.7. The van der Waals surface area contributed by atoms with Crippen LogP contribution in [0, 0.1) is 12.7 Å². The first-order valence-corrected chi connectivity index (χ1v) is 9.44. The zero-order chi connectivity index (χ0) is 21.8. The highest BCUT2D eigenvalue weighted by atomic mass is 19.1. The molecule has 0 fully saturated rings. The van der Waals surface area contributed by atoms with Gasteiger partial charge in [0.05, 0.1) is 11.3 Å². The number of amides is 1. The number of anilines is 1. The number of carbonyl (C=O) groups is 2. The molecular weight excluding hydrogens is 383 g/mol. The number of nitrogens with zero attached hydrogens (tertiary/aromatic N) is 1. The molecule has 0 radical (unpaired) electrons. The van der Waals surface area contributed by atoms with Gasteiger partial charge in [0.2, 0.25) is 0 Å². The van der Waals surface area contributed by atoms with E-state index in [0.29, 0.717) is 12.1 Å². The van der Waals surface area contributed by atoms with E-state index in [1.54, 1.807) is 6.07 Å². The van der Waals surface area contributed by atoms with Crippen LogP contribution in [0.25, 0.3) is 11.1 Å². The molecule has 154 valence electrons. The molecule has 3 aromatic carbocycles. The molecule has 5 nitrogen and oxygen atoms in total. The Morgan fingerprint density at radius 1 is 1.03 bits per heavy atom. The van der Waals surface area contributed by atoms with Gasteiger partial charge in [0, 0.05) is 17.7 Å². The van der Waals surface area contributed by atoms with Gasteiger partial charge in [0.15, 0.2) is 0 Å². The highest BCUT2D eigenvalue weighted by Gasteiger charge is 2.22. The Hall–Kier alpha value is -3.51. The lowest BCUT2D eigenvalue weighted by atomic mass is 9.91. The number of rotatable bonds is 6. The number of carbonyl (C=O) groups excluding carboxylic acids is 1. The lowest BCUT2D eigenvalue weighted by Crippen LogP contribution is -2.18. The fraction of sp³-hybridized carbons (Fsp3) is 0.167. The third-order valence-corrected chi connectivity index (χ3v) is 4.65.